The number of nitrogens with one attached hydrogen (secondary N) is 1. The van der Waals surface area contributed by atoms with E-state index in [1.165, 1.54) is 12.7 Å². The number of aliphatic hydroxyl groups is 2. The smallest absolute Gasteiger partial charge is 0.280 e. The average molecular weight is 453 g/mol. The van der Waals surface area contributed by atoms with Crippen molar-refractivity contribution in [3.05, 3.63) is 16.7 Å². The molecule has 0 amide bonds. The van der Waals surface area contributed by atoms with Crippen LogP contribution < -0.4 is 5.56 Å². The second kappa shape index (κ2) is 8.43. The number of hydrogen-bond donors (Lipinski definition) is 3. The first-order valence-electron chi connectivity index (χ1n) is 10.2. The number of aromatic amines is 1. The number of ether oxygens (including phenoxy) is 1. The Labute approximate surface area is 181 Å². The van der Waals surface area contributed by atoms with E-state index in [0.717, 1.165) is 0 Å². The van der Waals surface area contributed by atoms with Crippen molar-refractivity contribution in [3.8, 4) is 0 Å². The maximum Gasteiger partial charge on any atom is 0.280 e. The number of aliphatic imine (C=N–C) groups is 1. The van der Waals surface area contributed by atoms with Gasteiger partial charge in [-0.2, -0.15) is 4.98 Å². The average Bonchev–Trinajstić information content (AvgIpc) is 3.21. The molecule has 0 radical (unpaired) electrons. The molecule has 0 spiro atoms. The molecule has 31 heavy (non-hydrogen) atoms. The van der Waals surface area contributed by atoms with Gasteiger partial charge in [-0.1, -0.05) is 20.8 Å². The van der Waals surface area contributed by atoms with Crippen LogP contribution in [0.1, 0.15) is 27.0 Å². The summed E-state index contributed by atoms with van der Waals surface area (Å²) in [4.78, 5) is 29.5. The molecule has 3 rings (SSSR count). The van der Waals surface area contributed by atoms with Crippen LogP contribution in [0.5, 0.6) is 0 Å². The van der Waals surface area contributed by atoms with Gasteiger partial charge < -0.3 is 24.3 Å². The van der Waals surface area contributed by atoms with E-state index in [2.05, 4.69) is 53.8 Å². The minimum Gasteiger partial charge on any atom is -0.407 e. The maximum atomic E-state index is 12.5. The molecule has 0 aromatic carbocycles. The number of rotatable bonds is 6. The monoisotopic (exact) mass is 452 g/mol. The minimum atomic E-state index is -2.30. The molecule has 1 aliphatic heterocycles. The largest absolute Gasteiger partial charge is 0.407 e. The number of imidazole rings is 1. The van der Waals surface area contributed by atoms with Crippen molar-refractivity contribution < 1.29 is 19.4 Å². The number of nitrogens with zero attached hydrogens (tertiary/aromatic N) is 5. The van der Waals surface area contributed by atoms with E-state index in [9.17, 15) is 15.0 Å². The molecule has 12 heteroatoms. The van der Waals surface area contributed by atoms with Crippen LogP contribution >= 0.6 is 0 Å². The Bertz CT molecular complexity index is 1010. The van der Waals surface area contributed by atoms with Crippen molar-refractivity contribution >= 4 is 31.8 Å². The molecular weight excluding hydrogens is 420 g/mol. The highest BCUT2D eigenvalue weighted by molar-refractivity contribution is 6.74. The van der Waals surface area contributed by atoms with Gasteiger partial charge in [0.1, 0.15) is 18.3 Å². The van der Waals surface area contributed by atoms with Crippen LogP contribution in [0.25, 0.3) is 11.2 Å². The van der Waals surface area contributed by atoms with Crippen LogP contribution in [-0.4, -0.2) is 88.3 Å². The number of aromatic nitrogens is 4. The first-order valence-corrected chi connectivity index (χ1v) is 13.1. The first-order chi connectivity index (χ1) is 14.4. The normalized spacial score (nSPS) is 25.1. The van der Waals surface area contributed by atoms with E-state index in [4.69, 9.17) is 9.16 Å². The SMILES string of the molecule is CN(C)C=Nc1nc2c(ncn2[C@@H]2O[C@H](CO)[C@H](O)[C@H]2O[Si](C)(C)C(C)(C)C)c(=O)[nH]1. The summed E-state index contributed by atoms with van der Waals surface area (Å²) in [6, 6.07) is 0. The van der Waals surface area contributed by atoms with Gasteiger partial charge in [0.25, 0.3) is 5.56 Å². The third kappa shape index (κ3) is 4.57. The van der Waals surface area contributed by atoms with Gasteiger partial charge in [0.2, 0.25) is 5.95 Å². The Hall–Kier alpha value is -2.12. The molecule has 0 aliphatic carbocycles. The predicted octanol–water partition coefficient (Wildman–Crippen LogP) is 0.982. The van der Waals surface area contributed by atoms with Crippen LogP contribution in [0, 0.1) is 0 Å². The Morgan fingerprint density at radius 1 is 1.42 bits per heavy atom. The summed E-state index contributed by atoms with van der Waals surface area (Å²) in [6.45, 7) is 10.1. The number of hydrogen-bond acceptors (Lipinski definition) is 8. The molecule has 3 heterocycles. The highest BCUT2D eigenvalue weighted by Gasteiger charge is 2.50. The standard InChI is InChI=1S/C19H32N6O5Si/c1-19(2,3)31(6,7)30-14-13(27)11(8-26)29-17(14)25-10-20-12-15(25)22-18(23-16(12)28)21-9-24(4)5/h9-11,13-14,17,26-27H,8H2,1-7H3,(H,22,23,28)/t11-,13+,14-,17-/m1/s1. The summed E-state index contributed by atoms with van der Waals surface area (Å²) in [7, 11) is 1.31. The zero-order chi connectivity index (χ0) is 23.1. The molecular formula is C19H32N6O5Si. The fourth-order valence-electron chi connectivity index (χ4n) is 3.07. The van der Waals surface area contributed by atoms with Crippen LogP contribution in [0.15, 0.2) is 16.1 Å². The fraction of sp³-hybridized carbons (Fsp3) is 0.684. The van der Waals surface area contributed by atoms with Crippen molar-refractivity contribution in [1.29, 1.82) is 0 Å². The summed E-state index contributed by atoms with van der Waals surface area (Å²) in [5.74, 6) is 0.118. The lowest BCUT2D eigenvalue weighted by Gasteiger charge is -2.40. The lowest BCUT2D eigenvalue weighted by molar-refractivity contribution is -0.0497. The molecule has 1 saturated heterocycles. The summed E-state index contributed by atoms with van der Waals surface area (Å²) < 4.78 is 14.0. The zero-order valence-electron chi connectivity index (χ0n) is 19.0. The zero-order valence-corrected chi connectivity index (χ0v) is 20.0. The summed E-state index contributed by atoms with van der Waals surface area (Å²) in [5.41, 5.74) is -0.0523. The van der Waals surface area contributed by atoms with Crippen LogP contribution in [0.4, 0.5) is 5.95 Å². The van der Waals surface area contributed by atoms with E-state index < -0.39 is 38.4 Å². The van der Waals surface area contributed by atoms with E-state index >= 15 is 0 Å². The van der Waals surface area contributed by atoms with Crippen molar-refractivity contribution in [2.75, 3.05) is 20.7 Å². The lowest BCUT2D eigenvalue weighted by atomic mass is 10.1. The van der Waals surface area contributed by atoms with Crippen molar-refractivity contribution in [3.63, 3.8) is 0 Å². The Morgan fingerprint density at radius 3 is 2.68 bits per heavy atom. The second-order valence-electron chi connectivity index (χ2n) is 9.50. The highest BCUT2D eigenvalue weighted by Crippen LogP contribution is 2.42. The Morgan fingerprint density at radius 2 is 2.10 bits per heavy atom. The van der Waals surface area contributed by atoms with Gasteiger partial charge >= 0.3 is 0 Å². The molecule has 4 atom stereocenters. The first kappa shape index (κ1) is 23.5. The number of aliphatic hydroxyl groups excluding tert-OH is 2. The topological polar surface area (TPSA) is 138 Å². The van der Waals surface area contributed by atoms with Crippen molar-refractivity contribution in [2.24, 2.45) is 4.99 Å². The van der Waals surface area contributed by atoms with E-state index in [0.29, 0.717) is 0 Å². The Kier molecular flexibility index (Phi) is 6.40. The summed E-state index contributed by atoms with van der Waals surface area (Å²) >= 11 is 0. The van der Waals surface area contributed by atoms with Gasteiger partial charge in [-0.05, 0) is 18.1 Å². The molecule has 11 nitrogen and oxygen atoms in total. The quantitative estimate of drug-likeness (QED) is 0.335. The van der Waals surface area contributed by atoms with Crippen LogP contribution in [0.3, 0.4) is 0 Å². The highest BCUT2D eigenvalue weighted by atomic mass is 28.4. The maximum absolute atomic E-state index is 12.5. The molecule has 0 bridgehead atoms. The van der Waals surface area contributed by atoms with Gasteiger partial charge in [0, 0.05) is 14.1 Å². The molecule has 0 saturated carbocycles. The third-order valence-corrected chi connectivity index (χ3v) is 10.3. The Balaban J connectivity index is 2.07. The molecule has 2 aromatic heterocycles. The predicted molar refractivity (Wildman–Crippen MR) is 119 cm³/mol. The van der Waals surface area contributed by atoms with E-state index in [-0.39, 0.29) is 28.8 Å². The molecule has 1 fully saturated rings. The minimum absolute atomic E-state index is 0.102. The summed E-state index contributed by atoms with van der Waals surface area (Å²) in [6.07, 6.45) is -0.492. The second-order valence-corrected chi connectivity index (χ2v) is 14.3. The number of fused-ring (bicyclic) bond motifs is 1. The lowest BCUT2D eigenvalue weighted by Crippen LogP contribution is -2.48. The molecule has 0 unspecified atom stereocenters. The fourth-order valence-corrected chi connectivity index (χ4v) is 4.36. The number of H-pyrrole nitrogens is 1. The van der Waals surface area contributed by atoms with E-state index in [1.54, 1.807) is 23.6 Å². The van der Waals surface area contributed by atoms with Gasteiger partial charge in [0.15, 0.2) is 25.7 Å². The van der Waals surface area contributed by atoms with Gasteiger partial charge in [-0.3, -0.25) is 14.3 Å². The van der Waals surface area contributed by atoms with Crippen LogP contribution in [0.2, 0.25) is 18.1 Å². The van der Waals surface area contributed by atoms with Gasteiger partial charge in [-0.25, -0.2) is 9.98 Å². The van der Waals surface area contributed by atoms with Crippen molar-refractivity contribution in [2.45, 2.75) is 63.4 Å². The van der Waals surface area contributed by atoms with Crippen LogP contribution in [-0.2, 0) is 9.16 Å². The van der Waals surface area contributed by atoms with Gasteiger partial charge in [0.05, 0.1) is 19.3 Å². The molecule has 3 N–H and O–H groups in total. The van der Waals surface area contributed by atoms with Crippen molar-refractivity contribution in [1.82, 2.24) is 24.4 Å². The molecule has 1 aliphatic rings. The molecule has 172 valence electrons. The van der Waals surface area contributed by atoms with E-state index in [1.807, 2.05) is 0 Å². The molecule has 2 aromatic rings. The third-order valence-electron chi connectivity index (χ3n) is 5.83. The summed E-state index contributed by atoms with van der Waals surface area (Å²) in [5, 5.41) is 20.4. The van der Waals surface area contributed by atoms with Gasteiger partial charge in [-0.15, -0.1) is 0 Å².